The van der Waals surface area contributed by atoms with E-state index in [2.05, 4.69) is 19.5 Å². The van der Waals surface area contributed by atoms with Gasteiger partial charge in [-0.1, -0.05) is 0 Å². The van der Waals surface area contributed by atoms with Crippen LogP contribution in [0.5, 0.6) is 0 Å². The standard InChI is InChI=1S/C16H21N5O2S/c1-20(24(2,22)23)11-3-5-12(6-4-11)21-10-19-14-9-18-16-13(15(14)21)7-8-17-16/h7-12H,3-6H2,1-2H3,(H,17,18). The van der Waals surface area contributed by atoms with E-state index in [1.165, 1.54) is 10.6 Å². The van der Waals surface area contributed by atoms with Crippen molar-refractivity contribution < 1.29 is 8.42 Å². The quantitative estimate of drug-likeness (QED) is 0.788. The van der Waals surface area contributed by atoms with Crippen LogP contribution in [-0.4, -0.2) is 51.6 Å². The molecule has 7 nitrogen and oxygen atoms in total. The summed E-state index contributed by atoms with van der Waals surface area (Å²) in [5, 5.41) is 1.08. The summed E-state index contributed by atoms with van der Waals surface area (Å²) in [5.41, 5.74) is 2.88. The lowest BCUT2D eigenvalue weighted by Gasteiger charge is -2.34. The largest absolute Gasteiger partial charge is 0.346 e. The first-order chi connectivity index (χ1) is 11.4. The molecular formula is C16H21N5O2S. The zero-order chi connectivity index (χ0) is 16.9. The number of imidazole rings is 1. The molecule has 24 heavy (non-hydrogen) atoms. The van der Waals surface area contributed by atoms with Crippen molar-refractivity contribution in [2.75, 3.05) is 13.3 Å². The van der Waals surface area contributed by atoms with Crippen LogP contribution in [0, 0.1) is 0 Å². The Hall–Kier alpha value is -1.93. The summed E-state index contributed by atoms with van der Waals surface area (Å²) in [6.07, 6.45) is 10.5. The highest BCUT2D eigenvalue weighted by Crippen LogP contribution is 2.34. The molecule has 0 spiro atoms. The van der Waals surface area contributed by atoms with Gasteiger partial charge >= 0.3 is 0 Å². The minimum Gasteiger partial charge on any atom is -0.346 e. The Morgan fingerprint density at radius 3 is 2.71 bits per heavy atom. The smallest absolute Gasteiger partial charge is 0.211 e. The summed E-state index contributed by atoms with van der Waals surface area (Å²) >= 11 is 0. The molecule has 1 saturated carbocycles. The molecule has 1 aliphatic carbocycles. The molecule has 1 aliphatic rings. The van der Waals surface area contributed by atoms with Gasteiger partial charge in [-0.25, -0.2) is 22.7 Å². The summed E-state index contributed by atoms with van der Waals surface area (Å²) in [4.78, 5) is 12.0. The van der Waals surface area contributed by atoms with Crippen molar-refractivity contribution in [2.45, 2.75) is 37.8 Å². The highest BCUT2D eigenvalue weighted by atomic mass is 32.2. The van der Waals surface area contributed by atoms with Crippen LogP contribution in [0.25, 0.3) is 22.1 Å². The Morgan fingerprint density at radius 1 is 1.25 bits per heavy atom. The van der Waals surface area contributed by atoms with Gasteiger partial charge in [0.1, 0.15) is 11.2 Å². The zero-order valence-electron chi connectivity index (χ0n) is 13.8. The fourth-order valence-corrected chi connectivity index (χ4v) is 4.53. The molecule has 0 bridgehead atoms. The number of sulfonamides is 1. The molecule has 4 rings (SSSR count). The molecule has 0 aromatic carbocycles. The Bertz CT molecular complexity index is 982. The van der Waals surface area contributed by atoms with Gasteiger partial charge in [0.15, 0.2) is 0 Å². The van der Waals surface area contributed by atoms with Gasteiger partial charge in [0, 0.05) is 30.7 Å². The summed E-state index contributed by atoms with van der Waals surface area (Å²) in [7, 11) is -1.45. The minimum atomic E-state index is -3.13. The van der Waals surface area contributed by atoms with Gasteiger partial charge in [-0.3, -0.25) is 0 Å². The Kier molecular flexibility index (Phi) is 3.61. The highest BCUT2D eigenvalue weighted by Gasteiger charge is 2.29. The molecule has 8 heteroatoms. The monoisotopic (exact) mass is 347 g/mol. The van der Waals surface area contributed by atoms with Crippen molar-refractivity contribution in [3.63, 3.8) is 0 Å². The maximum atomic E-state index is 11.7. The summed E-state index contributed by atoms with van der Waals surface area (Å²) in [6.45, 7) is 0. The van der Waals surface area contributed by atoms with E-state index in [9.17, 15) is 8.42 Å². The number of aromatic nitrogens is 4. The first-order valence-corrected chi connectivity index (χ1v) is 10.0. The molecule has 3 aromatic heterocycles. The fourth-order valence-electron chi connectivity index (χ4n) is 3.78. The van der Waals surface area contributed by atoms with Gasteiger partial charge in [-0.15, -0.1) is 0 Å². The SMILES string of the molecule is CN(C1CCC(n2cnc3cnc4[nH]ccc4c32)CC1)S(C)(=O)=O. The molecule has 0 radical (unpaired) electrons. The van der Waals surface area contributed by atoms with Crippen molar-refractivity contribution in [2.24, 2.45) is 0 Å². The zero-order valence-corrected chi connectivity index (χ0v) is 14.6. The van der Waals surface area contributed by atoms with Crippen LogP contribution < -0.4 is 0 Å². The van der Waals surface area contributed by atoms with E-state index < -0.39 is 10.0 Å². The van der Waals surface area contributed by atoms with Crippen LogP contribution in [-0.2, 0) is 10.0 Å². The number of aromatic amines is 1. The third-order valence-electron chi connectivity index (χ3n) is 5.22. The van der Waals surface area contributed by atoms with Gasteiger partial charge in [-0.2, -0.15) is 0 Å². The number of rotatable bonds is 3. The summed E-state index contributed by atoms with van der Waals surface area (Å²) < 4.78 is 27.2. The number of pyridine rings is 1. The third kappa shape index (κ3) is 2.50. The van der Waals surface area contributed by atoms with E-state index in [0.717, 1.165) is 47.8 Å². The van der Waals surface area contributed by atoms with Gasteiger partial charge in [-0.05, 0) is 31.7 Å². The third-order valence-corrected chi connectivity index (χ3v) is 6.56. The molecule has 3 aromatic rings. The Morgan fingerprint density at radius 2 is 2.00 bits per heavy atom. The van der Waals surface area contributed by atoms with E-state index >= 15 is 0 Å². The lowest BCUT2D eigenvalue weighted by molar-refractivity contribution is 0.240. The van der Waals surface area contributed by atoms with Crippen LogP contribution in [0.2, 0.25) is 0 Å². The average Bonchev–Trinajstić information content (AvgIpc) is 3.19. The van der Waals surface area contributed by atoms with Gasteiger partial charge in [0.25, 0.3) is 0 Å². The normalized spacial score (nSPS) is 22.6. The lowest BCUT2D eigenvalue weighted by atomic mass is 9.91. The van der Waals surface area contributed by atoms with Gasteiger partial charge in [0.05, 0.1) is 24.3 Å². The number of fused-ring (bicyclic) bond motifs is 3. The van der Waals surface area contributed by atoms with Crippen LogP contribution in [0.15, 0.2) is 24.8 Å². The molecule has 3 heterocycles. The number of hydrogen-bond acceptors (Lipinski definition) is 4. The maximum Gasteiger partial charge on any atom is 0.211 e. The Balaban J connectivity index is 1.62. The van der Waals surface area contributed by atoms with Crippen molar-refractivity contribution in [1.29, 1.82) is 0 Å². The Labute approximate surface area is 140 Å². The van der Waals surface area contributed by atoms with E-state index in [4.69, 9.17) is 0 Å². The van der Waals surface area contributed by atoms with Crippen LogP contribution in [0.3, 0.4) is 0 Å². The van der Waals surface area contributed by atoms with Gasteiger partial charge in [0.2, 0.25) is 10.0 Å². The molecule has 0 unspecified atom stereocenters. The molecule has 0 saturated heterocycles. The van der Waals surface area contributed by atoms with Crippen molar-refractivity contribution in [3.05, 3.63) is 24.8 Å². The van der Waals surface area contributed by atoms with Crippen molar-refractivity contribution in [1.82, 2.24) is 23.8 Å². The minimum absolute atomic E-state index is 0.0972. The maximum absolute atomic E-state index is 11.7. The van der Waals surface area contributed by atoms with E-state index in [0.29, 0.717) is 6.04 Å². The predicted molar refractivity (Wildman–Crippen MR) is 93.3 cm³/mol. The molecule has 0 aliphatic heterocycles. The molecular weight excluding hydrogens is 326 g/mol. The number of H-pyrrole nitrogens is 1. The highest BCUT2D eigenvalue weighted by molar-refractivity contribution is 7.88. The molecule has 1 N–H and O–H groups in total. The molecule has 128 valence electrons. The summed E-state index contributed by atoms with van der Waals surface area (Å²) in [5.74, 6) is 0. The van der Waals surface area contributed by atoms with E-state index in [1.807, 2.05) is 18.6 Å². The van der Waals surface area contributed by atoms with Crippen LogP contribution in [0.1, 0.15) is 31.7 Å². The molecule has 0 atom stereocenters. The fraction of sp³-hybridized carbons (Fsp3) is 0.500. The molecule has 1 fully saturated rings. The second kappa shape index (κ2) is 5.56. The first-order valence-electron chi connectivity index (χ1n) is 8.17. The van der Waals surface area contributed by atoms with Gasteiger partial charge < -0.3 is 9.55 Å². The predicted octanol–water partition coefficient (Wildman–Crippen LogP) is 2.29. The first kappa shape index (κ1) is 15.6. The summed E-state index contributed by atoms with van der Waals surface area (Å²) in [6, 6.07) is 2.48. The van der Waals surface area contributed by atoms with E-state index in [1.54, 1.807) is 13.2 Å². The average molecular weight is 347 g/mol. The second-order valence-corrected chi connectivity index (χ2v) is 8.67. The lowest BCUT2D eigenvalue weighted by Crippen LogP contribution is -2.39. The van der Waals surface area contributed by atoms with E-state index in [-0.39, 0.29) is 6.04 Å². The number of nitrogens with zero attached hydrogens (tertiary/aromatic N) is 4. The van der Waals surface area contributed by atoms with Crippen molar-refractivity contribution in [3.8, 4) is 0 Å². The number of hydrogen-bond donors (Lipinski definition) is 1. The number of nitrogens with one attached hydrogen (secondary N) is 1. The second-order valence-electron chi connectivity index (χ2n) is 6.63. The van der Waals surface area contributed by atoms with Crippen LogP contribution >= 0.6 is 0 Å². The van der Waals surface area contributed by atoms with Crippen LogP contribution in [0.4, 0.5) is 0 Å². The topological polar surface area (TPSA) is 83.9 Å². The van der Waals surface area contributed by atoms with Crippen molar-refractivity contribution >= 4 is 32.1 Å². The molecule has 0 amide bonds.